The lowest BCUT2D eigenvalue weighted by Gasteiger charge is -2.28. The summed E-state index contributed by atoms with van der Waals surface area (Å²) in [5.41, 5.74) is 0.698. The van der Waals surface area contributed by atoms with Gasteiger partial charge in [-0.05, 0) is 18.2 Å². The maximum absolute atomic E-state index is 13.8. The van der Waals surface area contributed by atoms with Crippen molar-refractivity contribution in [1.29, 1.82) is 5.26 Å². The average molecular weight is 385 g/mol. The molecule has 0 radical (unpaired) electrons. The Labute approximate surface area is 158 Å². The number of hydrogen-bond donors (Lipinski definition) is 1. The molecule has 8 heteroatoms. The van der Waals surface area contributed by atoms with Crippen LogP contribution in [0.1, 0.15) is 11.1 Å². The fourth-order valence-corrected chi connectivity index (χ4v) is 2.44. The molecule has 2 aromatic rings. The molecule has 3 rings (SSSR count). The maximum Gasteiger partial charge on any atom is 0.215 e. The normalized spacial score (nSPS) is 13.2. The summed E-state index contributed by atoms with van der Waals surface area (Å²) in [7, 11) is 0. The number of nitrogens with zero attached hydrogens (tertiary/aromatic N) is 3. The lowest BCUT2D eigenvalue weighted by Crippen LogP contribution is -2.43. The van der Waals surface area contributed by atoms with Gasteiger partial charge < -0.3 is 15.0 Å². The lowest BCUT2D eigenvalue weighted by atomic mass is 10.1. The molecule has 134 valence electrons. The molecule has 2 heterocycles. The largest absolute Gasteiger partial charge is 0.473 e. The van der Waals surface area contributed by atoms with Gasteiger partial charge in [0.05, 0.1) is 11.6 Å². The smallest absolute Gasteiger partial charge is 0.215 e. The number of halogens is 3. The van der Waals surface area contributed by atoms with Crippen LogP contribution in [-0.4, -0.2) is 31.2 Å². The summed E-state index contributed by atoms with van der Waals surface area (Å²) < 4.78 is 19.4. The summed E-state index contributed by atoms with van der Waals surface area (Å²) in [4.78, 5) is 6.66. The van der Waals surface area contributed by atoms with E-state index in [0.29, 0.717) is 17.0 Å². The topological polar surface area (TPSA) is 61.2 Å². The van der Waals surface area contributed by atoms with Crippen molar-refractivity contribution in [3.63, 3.8) is 0 Å². The van der Waals surface area contributed by atoms with E-state index in [1.54, 1.807) is 18.2 Å². The van der Waals surface area contributed by atoms with Gasteiger partial charge in [0.2, 0.25) is 5.88 Å². The summed E-state index contributed by atoms with van der Waals surface area (Å²) in [5.74, 6) is 0.886. The Morgan fingerprint density at radius 2 is 1.96 bits per heavy atom. The van der Waals surface area contributed by atoms with Crippen LogP contribution in [0.25, 0.3) is 0 Å². The molecule has 25 heavy (non-hydrogen) atoms. The van der Waals surface area contributed by atoms with E-state index < -0.39 is 5.82 Å². The quantitative estimate of drug-likeness (QED) is 0.877. The van der Waals surface area contributed by atoms with E-state index in [0.717, 1.165) is 32.0 Å². The highest BCUT2D eigenvalue weighted by molar-refractivity contribution is 5.85. The molecule has 0 atom stereocenters. The van der Waals surface area contributed by atoms with Crippen LogP contribution in [-0.2, 0) is 6.61 Å². The van der Waals surface area contributed by atoms with Crippen molar-refractivity contribution in [1.82, 2.24) is 10.3 Å². The van der Waals surface area contributed by atoms with Gasteiger partial charge in [-0.2, -0.15) is 10.2 Å². The van der Waals surface area contributed by atoms with E-state index in [-0.39, 0.29) is 31.4 Å². The Morgan fingerprint density at radius 3 is 2.64 bits per heavy atom. The molecule has 1 N–H and O–H groups in total. The third kappa shape index (κ3) is 5.46. The highest BCUT2D eigenvalue weighted by Crippen LogP contribution is 2.18. The van der Waals surface area contributed by atoms with Crippen LogP contribution in [0.2, 0.25) is 0 Å². The predicted molar refractivity (Wildman–Crippen MR) is 99.3 cm³/mol. The van der Waals surface area contributed by atoms with Crippen molar-refractivity contribution in [2.75, 3.05) is 31.1 Å². The molecule has 1 aromatic heterocycles. The Kier molecular flexibility index (Phi) is 8.42. The first-order chi connectivity index (χ1) is 11.3. The first-order valence-corrected chi connectivity index (χ1v) is 7.50. The third-order valence-electron chi connectivity index (χ3n) is 3.71. The van der Waals surface area contributed by atoms with E-state index in [4.69, 9.17) is 10.00 Å². The van der Waals surface area contributed by atoms with Gasteiger partial charge in [0.1, 0.15) is 18.2 Å². The van der Waals surface area contributed by atoms with Crippen molar-refractivity contribution in [3.05, 3.63) is 53.3 Å². The standard InChI is InChI=1S/C17H17FN4O.2ClH/c18-15-10-13(11-19)4-5-14(15)12-23-17-3-1-2-16(21-17)22-8-6-20-7-9-22;;/h1-5,10,20H,6-9,12H2;2*1H. The zero-order chi connectivity index (χ0) is 16.1. The molecule has 1 aliphatic rings. The second-order valence-electron chi connectivity index (χ2n) is 5.28. The fourth-order valence-electron chi connectivity index (χ4n) is 2.44. The molecular formula is C17H19Cl2FN4O. The highest BCUT2D eigenvalue weighted by atomic mass is 35.5. The molecule has 1 fully saturated rings. The van der Waals surface area contributed by atoms with Crippen LogP contribution in [0.4, 0.5) is 10.2 Å². The van der Waals surface area contributed by atoms with Gasteiger partial charge >= 0.3 is 0 Å². The van der Waals surface area contributed by atoms with E-state index >= 15 is 0 Å². The summed E-state index contributed by atoms with van der Waals surface area (Å²) in [6.07, 6.45) is 0. The number of nitriles is 1. The predicted octanol–water partition coefficient (Wildman–Crippen LogP) is 2.92. The number of nitrogens with one attached hydrogen (secondary N) is 1. The van der Waals surface area contributed by atoms with Gasteiger partial charge in [-0.1, -0.05) is 12.1 Å². The van der Waals surface area contributed by atoms with Gasteiger partial charge in [0, 0.05) is 37.8 Å². The van der Waals surface area contributed by atoms with Gasteiger partial charge in [0.15, 0.2) is 0 Å². The van der Waals surface area contributed by atoms with E-state index in [9.17, 15) is 4.39 Å². The minimum atomic E-state index is -0.442. The minimum absolute atomic E-state index is 0. The molecule has 0 unspecified atom stereocenters. The number of anilines is 1. The first-order valence-electron chi connectivity index (χ1n) is 7.50. The van der Waals surface area contributed by atoms with Crippen molar-refractivity contribution >= 4 is 30.6 Å². The second-order valence-corrected chi connectivity index (χ2v) is 5.28. The summed E-state index contributed by atoms with van der Waals surface area (Å²) in [6, 6.07) is 11.8. The zero-order valence-electron chi connectivity index (χ0n) is 13.4. The van der Waals surface area contributed by atoms with Crippen LogP contribution in [0.5, 0.6) is 5.88 Å². The van der Waals surface area contributed by atoms with Crippen molar-refractivity contribution < 1.29 is 9.13 Å². The first kappa shape index (κ1) is 21.0. The van der Waals surface area contributed by atoms with Crippen molar-refractivity contribution in [3.8, 4) is 11.9 Å². The molecule has 1 saturated heterocycles. The number of benzene rings is 1. The molecule has 5 nitrogen and oxygen atoms in total. The average Bonchev–Trinajstić information content (AvgIpc) is 2.61. The molecule has 0 bridgehead atoms. The Bertz CT molecular complexity index is 733. The maximum atomic E-state index is 13.8. The number of aromatic nitrogens is 1. The molecule has 0 amide bonds. The van der Waals surface area contributed by atoms with E-state index in [1.807, 2.05) is 18.2 Å². The molecular weight excluding hydrogens is 366 g/mol. The molecule has 0 saturated carbocycles. The number of rotatable bonds is 4. The number of piperazine rings is 1. The monoisotopic (exact) mass is 384 g/mol. The highest BCUT2D eigenvalue weighted by Gasteiger charge is 2.12. The fraction of sp³-hybridized carbons (Fsp3) is 0.294. The zero-order valence-corrected chi connectivity index (χ0v) is 15.1. The summed E-state index contributed by atoms with van der Waals surface area (Å²) in [5, 5.41) is 12.0. The second kappa shape index (κ2) is 10.0. The van der Waals surface area contributed by atoms with Crippen LogP contribution < -0.4 is 15.0 Å². The SMILES string of the molecule is Cl.Cl.N#Cc1ccc(COc2cccc(N3CCNCC3)n2)c(F)c1. The minimum Gasteiger partial charge on any atom is -0.473 e. The number of hydrogen-bond acceptors (Lipinski definition) is 5. The van der Waals surface area contributed by atoms with Crippen molar-refractivity contribution in [2.45, 2.75) is 6.61 Å². The lowest BCUT2D eigenvalue weighted by molar-refractivity contribution is 0.288. The Morgan fingerprint density at radius 1 is 1.20 bits per heavy atom. The third-order valence-corrected chi connectivity index (χ3v) is 3.71. The number of ether oxygens (including phenoxy) is 1. The van der Waals surface area contributed by atoms with Crippen molar-refractivity contribution in [2.24, 2.45) is 0 Å². The summed E-state index contributed by atoms with van der Waals surface area (Å²) in [6.45, 7) is 3.75. The molecule has 0 spiro atoms. The molecule has 1 aliphatic heterocycles. The number of pyridine rings is 1. The Balaban J connectivity index is 0.00000156. The van der Waals surface area contributed by atoms with Gasteiger partial charge in [-0.3, -0.25) is 0 Å². The van der Waals surface area contributed by atoms with E-state index in [1.165, 1.54) is 6.07 Å². The van der Waals surface area contributed by atoms with Crippen LogP contribution >= 0.6 is 24.8 Å². The molecule has 1 aromatic carbocycles. The van der Waals surface area contributed by atoms with Crippen LogP contribution in [0.15, 0.2) is 36.4 Å². The van der Waals surface area contributed by atoms with Crippen LogP contribution in [0, 0.1) is 17.1 Å². The van der Waals surface area contributed by atoms with Gasteiger partial charge in [-0.25, -0.2) is 4.39 Å². The van der Waals surface area contributed by atoms with E-state index in [2.05, 4.69) is 15.2 Å². The van der Waals surface area contributed by atoms with Gasteiger partial charge in [-0.15, -0.1) is 24.8 Å². The summed E-state index contributed by atoms with van der Waals surface area (Å²) >= 11 is 0. The van der Waals surface area contributed by atoms with Crippen LogP contribution in [0.3, 0.4) is 0 Å². The van der Waals surface area contributed by atoms with Gasteiger partial charge in [0.25, 0.3) is 0 Å². The Hall–Kier alpha value is -2.07. The molecule has 0 aliphatic carbocycles.